The maximum absolute atomic E-state index is 12.7. The highest BCUT2D eigenvalue weighted by molar-refractivity contribution is 5.99. The topological polar surface area (TPSA) is 64.3 Å². The van der Waals surface area contributed by atoms with Gasteiger partial charge in [0.25, 0.3) is 5.91 Å². The summed E-state index contributed by atoms with van der Waals surface area (Å²) in [5.41, 5.74) is 7.87. The van der Waals surface area contributed by atoms with Crippen LogP contribution < -0.4 is 15.8 Å². The Morgan fingerprint density at radius 2 is 1.91 bits per heavy atom. The molecule has 2 saturated carbocycles. The Morgan fingerprint density at radius 3 is 2.70 bits per heavy atom. The van der Waals surface area contributed by atoms with Gasteiger partial charge in [0.2, 0.25) is 0 Å². The third-order valence-corrected chi connectivity index (χ3v) is 5.60. The minimum absolute atomic E-state index is 0.0249. The first-order valence-electron chi connectivity index (χ1n) is 8.69. The van der Waals surface area contributed by atoms with Crippen LogP contribution in [-0.4, -0.2) is 24.6 Å². The Hall–Kier alpha value is -1.81. The molecular weight excluding hydrogens is 288 g/mol. The van der Waals surface area contributed by atoms with E-state index in [1.54, 1.807) is 0 Å². The van der Waals surface area contributed by atoms with Crippen LogP contribution in [0.15, 0.2) is 29.8 Å². The number of nitrogens with one attached hydrogen (secondary N) is 1. The highest BCUT2D eigenvalue weighted by Gasteiger charge is 2.40. The quantitative estimate of drug-likeness (QED) is 0.882. The molecule has 2 atom stereocenters. The second-order valence-corrected chi connectivity index (χ2v) is 7.18. The maximum atomic E-state index is 12.7. The Balaban J connectivity index is 1.49. The van der Waals surface area contributed by atoms with Gasteiger partial charge in [-0.25, -0.2) is 0 Å². The number of amides is 1. The zero-order valence-electron chi connectivity index (χ0n) is 13.3. The summed E-state index contributed by atoms with van der Waals surface area (Å²) >= 11 is 0. The average Bonchev–Trinajstić information content (AvgIpc) is 2.55. The lowest BCUT2D eigenvalue weighted by molar-refractivity contribution is -0.120. The third kappa shape index (κ3) is 2.88. The number of hydrogen-bond acceptors (Lipinski definition) is 3. The lowest BCUT2D eigenvalue weighted by Crippen LogP contribution is -2.54. The largest absolute Gasteiger partial charge is 0.488 e. The molecule has 2 aliphatic carbocycles. The molecule has 1 amide bonds. The molecule has 4 nitrogen and oxygen atoms in total. The Bertz CT molecular complexity index is 626. The fourth-order valence-corrected chi connectivity index (χ4v) is 4.52. The fourth-order valence-electron chi connectivity index (χ4n) is 4.52. The van der Waals surface area contributed by atoms with Crippen molar-refractivity contribution in [2.24, 2.45) is 17.6 Å². The maximum Gasteiger partial charge on any atom is 0.250 e. The van der Waals surface area contributed by atoms with Crippen LogP contribution in [0, 0.1) is 11.8 Å². The Kier molecular flexibility index (Phi) is 3.85. The minimum atomic E-state index is 0.0249. The Morgan fingerprint density at radius 1 is 1.17 bits per heavy atom. The summed E-state index contributed by atoms with van der Waals surface area (Å²) in [4.78, 5) is 12.7. The monoisotopic (exact) mass is 312 g/mol. The molecule has 1 aromatic carbocycles. The highest BCUT2D eigenvalue weighted by atomic mass is 16.5. The molecule has 23 heavy (non-hydrogen) atoms. The molecule has 2 bridgehead atoms. The molecule has 0 saturated heterocycles. The van der Waals surface area contributed by atoms with Crippen LogP contribution in [0.2, 0.25) is 0 Å². The third-order valence-electron chi connectivity index (χ3n) is 5.60. The summed E-state index contributed by atoms with van der Waals surface area (Å²) < 4.78 is 5.71. The van der Waals surface area contributed by atoms with E-state index in [1.807, 2.05) is 30.3 Å². The first-order chi connectivity index (χ1) is 11.2. The molecule has 2 fully saturated rings. The predicted octanol–water partition coefficient (Wildman–Crippen LogP) is 2.48. The van der Waals surface area contributed by atoms with Gasteiger partial charge < -0.3 is 15.8 Å². The Labute approximate surface area is 137 Å². The predicted molar refractivity (Wildman–Crippen MR) is 89.9 cm³/mol. The van der Waals surface area contributed by atoms with Crippen LogP contribution in [0.4, 0.5) is 0 Å². The molecule has 3 N–H and O–H groups in total. The number of fused-ring (bicyclic) bond motifs is 3. The number of rotatable bonds is 2. The van der Waals surface area contributed by atoms with E-state index < -0.39 is 0 Å². The molecule has 1 heterocycles. The molecule has 2 unspecified atom stereocenters. The van der Waals surface area contributed by atoms with Gasteiger partial charge in [-0.15, -0.1) is 0 Å². The van der Waals surface area contributed by atoms with Gasteiger partial charge in [-0.1, -0.05) is 24.6 Å². The number of benzene rings is 1. The molecule has 0 spiro atoms. The molecule has 4 rings (SSSR count). The van der Waals surface area contributed by atoms with Crippen molar-refractivity contribution in [1.29, 1.82) is 0 Å². The van der Waals surface area contributed by atoms with Crippen molar-refractivity contribution >= 4 is 12.0 Å². The second-order valence-electron chi connectivity index (χ2n) is 7.18. The van der Waals surface area contributed by atoms with Gasteiger partial charge in [0, 0.05) is 17.6 Å². The fraction of sp³-hybridized carbons (Fsp3) is 0.526. The smallest absolute Gasteiger partial charge is 0.250 e. The lowest BCUT2D eigenvalue weighted by Gasteiger charge is -2.45. The summed E-state index contributed by atoms with van der Waals surface area (Å²) in [6.45, 7) is 0.352. The average molecular weight is 312 g/mol. The zero-order valence-corrected chi connectivity index (χ0v) is 13.3. The van der Waals surface area contributed by atoms with E-state index in [4.69, 9.17) is 10.5 Å². The summed E-state index contributed by atoms with van der Waals surface area (Å²) in [5, 5.41) is 3.30. The molecule has 1 aliphatic heterocycles. The van der Waals surface area contributed by atoms with Crippen molar-refractivity contribution < 1.29 is 9.53 Å². The molecule has 0 radical (unpaired) electrons. The van der Waals surface area contributed by atoms with Crippen molar-refractivity contribution in [3.63, 3.8) is 0 Å². The summed E-state index contributed by atoms with van der Waals surface area (Å²) in [6.07, 6.45) is 7.69. The van der Waals surface area contributed by atoms with E-state index in [-0.39, 0.29) is 11.9 Å². The summed E-state index contributed by atoms with van der Waals surface area (Å²) in [5.74, 6) is 1.96. The number of nitrogens with two attached hydrogens (primary N) is 1. The van der Waals surface area contributed by atoms with Crippen LogP contribution in [0.25, 0.3) is 6.08 Å². The summed E-state index contributed by atoms with van der Waals surface area (Å²) in [6, 6.07) is 8.43. The molecule has 122 valence electrons. The van der Waals surface area contributed by atoms with Crippen molar-refractivity contribution in [1.82, 2.24) is 5.32 Å². The van der Waals surface area contributed by atoms with Gasteiger partial charge in [0.15, 0.2) is 0 Å². The molecule has 1 aromatic rings. The first kappa shape index (κ1) is 14.8. The van der Waals surface area contributed by atoms with Crippen LogP contribution in [0.1, 0.15) is 37.7 Å². The number of para-hydroxylation sites is 1. The first-order valence-corrected chi connectivity index (χ1v) is 8.69. The van der Waals surface area contributed by atoms with E-state index >= 15 is 0 Å². The van der Waals surface area contributed by atoms with Crippen LogP contribution in [-0.2, 0) is 4.79 Å². The molecule has 3 aliphatic rings. The SMILES string of the molecule is NC1CC2CCCC(C1)C2NC(=O)C1=Cc2ccccc2OC1. The van der Waals surface area contributed by atoms with E-state index in [9.17, 15) is 4.79 Å². The van der Waals surface area contributed by atoms with Crippen molar-refractivity contribution in [3.05, 3.63) is 35.4 Å². The van der Waals surface area contributed by atoms with Gasteiger partial charge in [0.05, 0.1) is 5.57 Å². The highest BCUT2D eigenvalue weighted by Crippen LogP contribution is 2.39. The van der Waals surface area contributed by atoms with E-state index in [0.29, 0.717) is 24.5 Å². The number of carbonyl (C=O) groups is 1. The van der Waals surface area contributed by atoms with Crippen LogP contribution in [0.3, 0.4) is 0 Å². The standard InChI is InChI=1S/C19H24N2O2/c20-16-9-13-5-3-6-14(10-16)18(13)21-19(22)15-8-12-4-1-2-7-17(12)23-11-15/h1-2,4,7-8,13-14,16,18H,3,5-6,9-11,20H2,(H,21,22). The molecular formula is C19H24N2O2. The van der Waals surface area contributed by atoms with Gasteiger partial charge in [0.1, 0.15) is 12.4 Å². The number of carbonyl (C=O) groups excluding carboxylic acids is 1. The zero-order chi connectivity index (χ0) is 15.8. The lowest BCUT2D eigenvalue weighted by atomic mass is 9.67. The van der Waals surface area contributed by atoms with Crippen LogP contribution >= 0.6 is 0 Å². The van der Waals surface area contributed by atoms with Crippen molar-refractivity contribution in [2.75, 3.05) is 6.61 Å². The van der Waals surface area contributed by atoms with Gasteiger partial charge >= 0.3 is 0 Å². The van der Waals surface area contributed by atoms with Gasteiger partial charge in [-0.2, -0.15) is 0 Å². The van der Waals surface area contributed by atoms with E-state index in [1.165, 1.54) is 19.3 Å². The normalized spacial score (nSPS) is 32.3. The van der Waals surface area contributed by atoms with Gasteiger partial charge in [-0.3, -0.25) is 4.79 Å². The minimum Gasteiger partial charge on any atom is -0.488 e. The second kappa shape index (κ2) is 6.00. The number of hydrogen-bond donors (Lipinski definition) is 2. The van der Waals surface area contributed by atoms with E-state index in [0.717, 1.165) is 29.7 Å². The van der Waals surface area contributed by atoms with Crippen molar-refractivity contribution in [3.8, 4) is 5.75 Å². The molecule has 4 heteroatoms. The molecule has 0 aromatic heterocycles. The summed E-state index contributed by atoms with van der Waals surface area (Å²) in [7, 11) is 0. The number of ether oxygens (including phenoxy) is 1. The van der Waals surface area contributed by atoms with E-state index in [2.05, 4.69) is 5.32 Å². The van der Waals surface area contributed by atoms with Crippen molar-refractivity contribution in [2.45, 2.75) is 44.2 Å². The van der Waals surface area contributed by atoms with Crippen LogP contribution in [0.5, 0.6) is 5.75 Å². The van der Waals surface area contributed by atoms with Gasteiger partial charge in [-0.05, 0) is 49.7 Å².